The normalized spacial score (nSPS) is 11.4. The van der Waals surface area contributed by atoms with Gasteiger partial charge in [0.05, 0.1) is 0 Å². The highest BCUT2D eigenvalue weighted by atomic mass is 35.5. The molecule has 0 aliphatic heterocycles. The molecule has 0 saturated heterocycles. The molecule has 0 bridgehead atoms. The largest absolute Gasteiger partial charge is 0.340 e. The van der Waals surface area contributed by atoms with Crippen LogP contribution in [0.4, 0.5) is 5.69 Å². The maximum Gasteiger partial charge on any atom is 0.266 e. The zero-order valence-corrected chi connectivity index (χ0v) is 18.8. The van der Waals surface area contributed by atoms with Gasteiger partial charge in [-0.1, -0.05) is 53.5 Å². The highest BCUT2D eigenvalue weighted by molar-refractivity contribution is 6.30. The average Bonchev–Trinajstić information content (AvgIpc) is 3.06. The second kappa shape index (κ2) is 9.32. The van der Waals surface area contributed by atoms with E-state index in [0.717, 1.165) is 27.7 Å². The third-order valence-electron chi connectivity index (χ3n) is 5.29. The summed E-state index contributed by atoms with van der Waals surface area (Å²) in [5.41, 5.74) is 4.54. The van der Waals surface area contributed by atoms with E-state index in [9.17, 15) is 10.1 Å². The van der Waals surface area contributed by atoms with Crippen molar-refractivity contribution in [2.75, 3.05) is 5.32 Å². The van der Waals surface area contributed by atoms with Crippen LogP contribution in [0.15, 0.2) is 78.4 Å². The van der Waals surface area contributed by atoms with Crippen molar-refractivity contribution >= 4 is 51.8 Å². The summed E-state index contributed by atoms with van der Waals surface area (Å²) in [6.07, 6.45) is 1.65. The van der Waals surface area contributed by atoms with E-state index < -0.39 is 5.91 Å². The van der Waals surface area contributed by atoms with E-state index in [1.165, 1.54) is 0 Å². The number of fused-ring (bicyclic) bond motifs is 1. The van der Waals surface area contributed by atoms with E-state index in [0.29, 0.717) is 22.3 Å². The summed E-state index contributed by atoms with van der Waals surface area (Å²) in [6, 6.07) is 24.5. The molecule has 6 heteroatoms. The number of nitriles is 1. The minimum absolute atomic E-state index is 0.0254. The number of nitrogens with zero attached hydrogens (tertiary/aromatic N) is 2. The van der Waals surface area contributed by atoms with Crippen LogP contribution in [-0.4, -0.2) is 10.5 Å². The molecule has 32 heavy (non-hydrogen) atoms. The Morgan fingerprint density at radius 1 is 1.00 bits per heavy atom. The lowest BCUT2D eigenvalue weighted by Crippen LogP contribution is -2.13. The zero-order valence-electron chi connectivity index (χ0n) is 17.3. The molecule has 1 heterocycles. The number of nitrogens with one attached hydrogen (secondary N) is 1. The van der Waals surface area contributed by atoms with E-state index in [-0.39, 0.29) is 5.57 Å². The Bertz CT molecular complexity index is 1360. The van der Waals surface area contributed by atoms with Crippen molar-refractivity contribution in [2.45, 2.75) is 13.5 Å². The molecule has 158 valence electrons. The second-order valence-electron chi connectivity index (χ2n) is 7.36. The van der Waals surface area contributed by atoms with Crippen LogP contribution in [0, 0.1) is 18.3 Å². The van der Waals surface area contributed by atoms with Crippen molar-refractivity contribution in [1.82, 2.24) is 4.57 Å². The molecular formula is C26H19Cl2N3O. The Hall–Kier alpha value is -3.52. The Morgan fingerprint density at radius 2 is 1.62 bits per heavy atom. The van der Waals surface area contributed by atoms with Crippen LogP contribution in [0.2, 0.25) is 10.0 Å². The summed E-state index contributed by atoms with van der Waals surface area (Å²) in [6.45, 7) is 2.64. The highest BCUT2D eigenvalue weighted by Gasteiger charge is 2.16. The molecule has 0 spiro atoms. The van der Waals surface area contributed by atoms with Crippen LogP contribution in [0.25, 0.3) is 17.0 Å². The van der Waals surface area contributed by atoms with Crippen LogP contribution in [0.1, 0.15) is 16.8 Å². The molecule has 0 saturated carbocycles. The van der Waals surface area contributed by atoms with Gasteiger partial charge in [0, 0.05) is 44.4 Å². The molecule has 1 amide bonds. The van der Waals surface area contributed by atoms with Crippen LogP contribution < -0.4 is 5.32 Å². The van der Waals surface area contributed by atoms with Gasteiger partial charge in [-0.05, 0) is 61.0 Å². The van der Waals surface area contributed by atoms with E-state index in [2.05, 4.69) is 9.88 Å². The average molecular weight is 460 g/mol. The van der Waals surface area contributed by atoms with Crippen LogP contribution in [-0.2, 0) is 11.3 Å². The molecular weight excluding hydrogens is 441 g/mol. The number of hydrogen-bond donors (Lipinski definition) is 1. The van der Waals surface area contributed by atoms with Crippen LogP contribution in [0.5, 0.6) is 0 Å². The molecule has 3 aromatic carbocycles. The van der Waals surface area contributed by atoms with Crippen LogP contribution in [0.3, 0.4) is 0 Å². The SMILES string of the molecule is Cc1c(/C=C(/C#N)C(=O)Nc2ccc(Cl)cc2)c2ccccc2n1Cc1ccc(Cl)cc1. The van der Waals surface area contributed by atoms with Gasteiger partial charge in [0.15, 0.2) is 0 Å². The van der Waals surface area contributed by atoms with Gasteiger partial charge in [-0.2, -0.15) is 5.26 Å². The van der Waals surface area contributed by atoms with Crippen molar-refractivity contribution in [3.05, 3.63) is 105 Å². The van der Waals surface area contributed by atoms with Gasteiger partial charge < -0.3 is 9.88 Å². The fraction of sp³-hybridized carbons (Fsp3) is 0.0769. The molecule has 0 radical (unpaired) electrons. The first-order valence-corrected chi connectivity index (χ1v) is 10.7. The Morgan fingerprint density at radius 3 is 2.28 bits per heavy atom. The van der Waals surface area contributed by atoms with E-state index >= 15 is 0 Å². The number of anilines is 1. The number of rotatable bonds is 5. The van der Waals surface area contributed by atoms with Gasteiger partial charge in [0.1, 0.15) is 11.6 Å². The molecule has 0 fully saturated rings. The fourth-order valence-electron chi connectivity index (χ4n) is 3.64. The summed E-state index contributed by atoms with van der Waals surface area (Å²) in [5, 5.41) is 14.7. The van der Waals surface area contributed by atoms with E-state index in [1.807, 2.05) is 61.5 Å². The number of benzene rings is 3. The summed E-state index contributed by atoms with van der Waals surface area (Å²) >= 11 is 11.9. The lowest BCUT2D eigenvalue weighted by Gasteiger charge is -2.09. The first kappa shape index (κ1) is 21.7. The standard InChI is InChI=1S/C26H19Cl2N3O/c1-17-24(14-19(15-29)26(32)30-22-12-10-21(28)11-13-22)23-4-2-3-5-25(23)31(17)16-18-6-8-20(27)9-7-18/h2-14H,16H2,1H3,(H,30,32)/b19-14-. The minimum Gasteiger partial charge on any atom is -0.340 e. The van der Waals surface area contributed by atoms with Crippen molar-refractivity contribution in [3.8, 4) is 6.07 Å². The van der Waals surface area contributed by atoms with Gasteiger partial charge in [0.2, 0.25) is 0 Å². The van der Waals surface area contributed by atoms with Crippen molar-refractivity contribution < 1.29 is 4.79 Å². The lowest BCUT2D eigenvalue weighted by molar-refractivity contribution is -0.112. The Balaban J connectivity index is 1.72. The lowest BCUT2D eigenvalue weighted by atomic mass is 10.1. The highest BCUT2D eigenvalue weighted by Crippen LogP contribution is 2.29. The molecule has 0 atom stereocenters. The summed E-state index contributed by atoms with van der Waals surface area (Å²) in [4.78, 5) is 12.8. The van der Waals surface area contributed by atoms with E-state index in [4.69, 9.17) is 23.2 Å². The predicted molar refractivity (Wildman–Crippen MR) is 131 cm³/mol. The first-order chi connectivity index (χ1) is 15.5. The third kappa shape index (κ3) is 4.55. The maximum atomic E-state index is 12.8. The molecule has 1 N–H and O–H groups in total. The quantitative estimate of drug-likeness (QED) is 0.262. The molecule has 4 aromatic rings. The fourth-order valence-corrected chi connectivity index (χ4v) is 3.89. The summed E-state index contributed by atoms with van der Waals surface area (Å²) in [5.74, 6) is -0.469. The topological polar surface area (TPSA) is 57.8 Å². The monoisotopic (exact) mass is 459 g/mol. The number of amides is 1. The van der Waals surface area contributed by atoms with Crippen molar-refractivity contribution in [3.63, 3.8) is 0 Å². The Labute approximate surface area is 196 Å². The summed E-state index contributed by atoms with van der Waals surface area (Å²) in [7, 11) is 0. The van der Waals surface area contributed by atoms with Crippen molar-refractivity contribution in [1.29, 1.82) is 5.26 Å². The van der Waals surface area contributed by atoms with Crippen LogP contribution >= 0.6 is 23.2 Å². The second-order valence-corrected chi connectivity index (χ2v) is 8.23. The number of carbonyl (C=O) groups is 1. The molecule has 4 nitrogen and oxygen atoms in total. The Kier molecular flexibility index (Phi) is 6.32. The predicted octanol–water partition coefficient (Wildman–Crippen LogP) is 6.85. The number of hydrogen-bond acceptors (Lipinski definition) is 2. The van der Waals surface area contributed by atoms with Crippen molar-refractivity contribution in [2.24, 2.45) is 0 Å². The van der Waals surface area contributed by atoms with Gasteiger partial charge in [-0.3, -0.25) is 4.79 Å². The zero-order chi connectivity index (χ0) is 22.7. The van der Waals surface area contributed by atoms with E-state index in [1.54, 1.807) is 30.3 Å². The number of carbonyl (C=O) groups excluding carboxylic acids is 1. The van der Waals surface area contributed by atoms with Gasteiger partial charge in [-0.25, -0.2) is 0 Å². The summed E-state index contributed by atoms with van der Waals surface area (Å²) < 4.78 is 2.18. The molecule has 0 aliphatic rings. The molecule has 4 rings (SSSR count). The third-order valence-corrected chi connectivity index (χ3v) is 5.79. The molecule has 1 aromatic heterocycles. The number of para-hydroxylation sites is 1. The molecule has 0 unspecified atom stereocenters. The number of aromatic nitrogens is 1. The minimum atomic E-state index is -0.469. The smallest absolute Gasteiger partial charge is 0.266 e. The van der Waals surface area contributed by atoms with Gasteiger partial charge >= 0.3 is 0 Å². The number of halogens is 2. The first-order valence-electron chi connectivity index (χ1n) is 9.97. The van der Waals surface area contributed by atoms with Gasteiger partial charge in [-0.15, -0.1) is 0 Å². The van der Waals surface area contributed by atoms with Gasteiger partial charge in [0.25, 0.3) is 5.91 Å². The molecule has 0 aliphatic carbocycles. The maximum absolute atomic E-state index is 12.8.